The maximum atomic E-state index is 5.69. The Bertz CT molecular complexity index is 1300. The van der Waals surface area contributed by atoms with Crippen molar-refractivity contribution in [2.45, 2.75) is 59.2 Å². The van der Waals surface area contributed by atoms with Crippen LogP contribution in [0.25, 0.3) is 11.4 Å². The van der Waals surface area contributed by atoms with E-state index in [1.165, 1.54) is 22.4 Å². The molecule has 0 amide bonds. The predicted molar refractivity (Wildman–Crippen MR) is 153 cm³/mol. The Labute approximate surface area is 227 Å². The highest BCUT2D eigenvalue weighted by Crippen LogP contribution is 2.34. The van der Waals surface area contributed by atoms with Crippen LogP contribution >= 0.6 is 0 Å². The van der Waals surface area contributed by atoms with E-state index in [-0.39, 0.29) is 0 Å². The monoisotopic (exact) mass is 509 g/mol. The van der Waals surface area contributed by atoms with E-state index in [0.717, 1.165) is 56.3 Å². The van der Waals surface area contributed by atoms with Gasteiger partial charge in [0, 0.05) is 31.7 Å². The molecule has 5 nitrogen and oxygen atoms in total. The fourth-order valence-electron chi connectivity index (χ4n) is 5.31. The molecular weight excluding hydrogens is 470 g/mol. The number of aromatic nitrogens is 2. The summed E-state index contributed by atoms with van der Waals surface area (Å²) in [6.45, 7) is 10.8. The molecule has 1 atom stereocenters. The molecule has 2 heterocycles. The lowest BCUT2D eigenvalue weighted by molar-refractivity contribution is 0.173. The lowest BCUT2D eigenvalue weighted by Crippen LogP contribution is -2.31. The quantitative estimate of drug-likeness (QED) is 0.198. The number of unbranched alkanes of at least 4 members (excludes halogenated alkanes) is 1. The summed E-state index contributed by atoms with van der Waals surface area (Å²) in [7, 11) is 0. The van der Waals surface area contributed by atoms with Gasteiger partial charge in [-0.1, -0.05) is 93.9 Å². The highest BCUT2D eigenvalue weighted by molar-refractivity contribution is 5.56. The Morgan fingerprint density at radius 3 is 2.37 bits per heavy atom. The van der Waals surface area contributed by atoms with Gasteiger partial charge in [0.1, 0.15) is 5.82 Å². The molecule has 3 aromatic carbocycles. The van der Waals surface area contributed by atoms with Gasteiger partial charge in [0.25, 0.3) is 0 Å². The third-order valence-corrected chi connectivity index (χ3v) is 7.42. The van der Waals surface area contributed by atoms with Crippen molar-refractivity contribution in [2.75, 3.05) is 13.3 Å². The van der Waals surface area contributed by atoms with Crippen LogP contribution in [0, 0.1) is 5.92 Å². The molecule has 0 spiro atoms. The van der Waals surface area contributed by atoms with Crippen molar-refractivity contribution in [2.24, 2.45) is 5.92 Å². The van der Waals surface area contributed by atoms with E-state index >= 15 is 0 Å². The second-order valence-corrected chi connectivity index (χ2v) is 10.6. The van der Waals surface area contributed by atoms with Crippen LogP contribution in [-0.4, -0.2) is 27.8 Å². The van der Waals surface area contributed by atoms with Crippen molar-refractivity contribution < 1.29 is 9.47 Å². The summed E-state index contributed by atoms with van der Waals surface area (Å²) in [6.07, 6.45) is 4.36. The molecule has 1 aromatic heterocycles. The standard InChI is InChI=1S/C33H39N3O2/c1-4-5-18-36-29(20-34-33(36)28-14-10-7-11-15-28)22-35(21-26-16-17-31-32(19-26)38-24-37-31)23-30(25(2)3)27-12-8-6-9-13-27/h6-17,19-20,25,30H,4-5,18,21-24H2,1-3H3. The Morgan fingerprint density at radius 1 is 0.895 bits per heavy atom. The minimum atomic E-state index is 0.296. The van der Waals surface area contributed by atoms with Crippen molar-refractivity contribution in [3.63, 3.8) is 0 Å². The molecule has 0 saturated heterocycles. The molecule has 0 fully saturated rings. The first-order valence-electron chi connectivity index (χ1n) is 13.9. The third-order valence-electron chi connectivity index (χ3n) is 7.42. The normalized spacial score (nSPS) is 13.4. The number of ether oxygens (including phenoxy) is 2. The smallest absolute Gasteiger partial charge is 0.231 e. The van der Waals surface area contributed by atoms with Crippen molar-refractivity contribution >= 4 is 0 Å². The van der Waals surface area contributed by atoms with Crippen molar-refractivity contribution in [1.29, 1.82) is 0 Å². The number of rotatable bonds is 12. The van der Waals surface area contributed by atoms with Gasteiger partial charge in [0.15, 0.2) is 11.5 Å². The first-order valence-corrected chi connectivity index (χ1v) is 13.9. The molecule has 198 valence electrons. The third kappa shape index (κ3) is 6.11. The summed E-state index contributed by atoms with van der Waals surface area (Å²) in [5, 5.41) is 0. The summed E-state index contributed by atoms with van der Waals surface area (Å²) in [5.41, 5.74) is 5.05. The fourth-order valence-corrected chi connectivity index (χ4v) is 5.31. The second kappa shape index (κ2) is 12.3. The van der Waals surface area contributed by atoms with Gasteiger partial charge in [-0.3, -0.25) is 4.90 Å². The van der Waals surface area contributed by atoms with E-state index < -0.39 is 0 Å². The molecule has 5 rings (SSSR count). The molecule has 1 unspecified atom stereocenters. The van der Waals surface area contributed by atoms with Gasteiger partial charge in [-0.05, 0) is 41.5 Å². The van der Waals surface area contributed by atoms with E-state index in [1.807, 2.05) is 6.07 Å². The van der Waals surface area contributed by atoms with Crippen LogP contribution < -0.4 is 9.47 Å². The van der Waals surface area contributed by atoms with Gasteiger partial charge in [0.2, 0.25) is 6.79 Å². The average Bonchev–Trinajstić information content (AvgIpc) is 3.57. The Balaban J connectivity index is 1.47. The molecule has 0 radical (unpaired) electrons. The average molecular weight is 510 g/mol. The van der Waals surface area contributed by atoms with Gasteiger partial charge in [-0.25, -0.2) is 4.98 Å². The van der Waals surface area contributed by atoms with Crippen molar-refractivity contribution in [1.82, 2.24) is 14.5 Å². The zero-order valence-corrected chi connectivity index (χ0v) is 22.8. The number of imidazole rings is 1. The Hall–Kier alpha value is -3.57. The fraction of sp³-hybridized carbons (Fsp3) is 0.364. The van der Waals surface area contributed by atoms with E-state index in [0.29, 0.717) is 18.6 Å². The van der Waals surface area contributed by atoms with Gasteiger partial charge in [-0.15, -0.1) is 0 Å². The lowest BCUT2D eigenvalue weighted by atomic mass is 9.88. The lowest BCUT2D eigenvalue weighted by Gasteiger charge is -2.30. The summed E-state index contributed by atoms with van der Waals surface area (Å²) in [5.74, 6) is 3.66. The van der Waals surface area contributed by atoms with Gasteiger partial charge < -0.3 is 14.0 Å². The summed E-state index contributed by atoms with van der Waals surface area (Å²) in [4.78, 5) is 7.49. The highest BCUT2D eigenvalue weighted by Gasteiger charge is 2.23. The van der Waals surface area contributed by atoms with E-state index in [9.17, 15) is 0 Å². The van der Waals surface area contributed by atoms with E-state index in [1.54, 1.807) is 0 Å². The van der Waals surface area contributed by atoms with Gasteiger partial charge in [-0.2, -0.15) is 0 Å². The minimum Gasteiger partial charge on any atom is -0.454 e. The molecule has 0 saturated carbocycles. The number of nitrogens with zero attached hydrogens (tertiary/aromatic N) is 3. The second-order valence-electron chi connectivity index (χ2n) is 10.6. The van der Waals surface area contributed by atoms with Crippen LogP contribution in [0.4, 0.5) is 0 Å². The van der Waals surface area contributed by atoms with Crippen molar-refractivity contribution in [3.05, 3.63) is 102 Å². The first kappa shape index (κ1) is 26.1. The SMILES string of the molecule is CCCCn1c(CN(Cc2ccc3c(c2)OCO3)CC(c2ccccc2)C(C)C)cnc1-c1ccccc1. The Morgan fingerprint density at radius 2 is 1.63 bits per heavy atom. The maximum absolute atomic E-state index is 5.69. The largest absolute Gasteiger partial charge is 0.454 e. The summed E-state index contributed by atoms with van der Waals surface area (Å²) < 4.78 is 13.7. The summed E-state index contributed by atoms with van der Waals surface area (Å²) in [6, 6.07) is 27.8. The van der Waals surface area contributed by atoms with E-state index in [2.05, 4.69) is 109 Å². The number of fused-ring (bicyclic) bond motifs is 1. The molecule has 38 heavy (non-hydrogen) atoms. The number of hydrogen-bond acceptors (Lipinski definition) is 4. The zero-order chi connectivity index (χ0) is 26.3. The molecule has 5 heteroatoms. The molecular formula is C33H39N3O2. The highest BCUT2D eigenvalue weighted by atomic mass is 16.7. The van der Waals surface area contributed by atoms with Crippen LogP contribution in [0.2, 0.25) is 0 Å². The van der Waals surface area contributed by atoms with Crippen molar-refractivity contribution in [3.8, 4) is 22.9 Å². The first-order chi connectivity index (χ1) is 18.6. The molecule has 0 N–H and O–H groups in total. The van der Waals surface area contributed by atoms with Crippen LogP contribution in [0.1, 0.15) is 56.4 Å². The van der Waals surface area contributed by atoms with E-state index in [4.69, 9.17) is 14.5 Å². The van der Waals surface area contributed by atoms with Gasteiger partial charge in [0.05, 0.1) is 11.9 Å². The maximum Gasteiger partial charge on any atom is 0.231 e. The minimum absolute atomic E-state index is 0.296. The molecule has 0 aliphatic carbocycles. The molecule has 0 bridgehead atoms. The summed E-state index contributed by atoms with van der Waals surface area (Å²) >= 11 is 0. The topological polar surface area (TPSA) is 39.5 Å². The van der Waals surface area contributed by atoms with Gasteiger partial charge >= 0.3 is 0 Å². The number of hydrogen-bond donors (Lipinski definition) is 0. The molecule has 1 aliphatic heterocycles. The molecule has 4 aromatic rings. The van der Waals surface area contributed by atoms with Crippen LogP contribution in [-0.2, 0) is 19.6 Å². The predicted octanol–water partition coefficient (Wildman–Crippen LogP) is 7.52. The molecule has 1 aliphatic rings. The van der Waals surface area contributed by atoms with Crippen LogP contribution in [0.5, 0.6) is 11.5 Å². The van der Waals surface area contributed by atoms with Crippen LogP contribution in [0.3, 0.4) is 0 Å². The Kier molecular flexibility index (Phi) is 8.44. The number of benzene rings is 3. The zero-order valence-electron chi connectivity index (χ0n) is 22.8. The van der Waals surface area contributed by atoms with Crippen LogP contribution in [0.15, 0.2) is 85.1 Å².